The third kappa shape index (κ3) is 6.66. The second-order valence-corrected chi connectivity index (χ2v) is 5.37. The Morgan fingerprint density at radius 1 is 1.46 bits per heavy atom. The van der Waals surface area contributed by atoms with Gasteiger partial charge in [-0.3, -0.25) is 0 Å². The van der Waals surface area contributed by atoms with E-state index in [-0.39, 0.29) is 6.61 Å². The molecule has 0 radical (unpaired) electrons. The number of nitrogens with one attached hydrogen (secondary N) is 1. The highest BCUT2D eigenvalue weighted by Gasteiger charge is 2.13. The van der Waals surface area contributed by atoms with Crippen molar-refractivity contribution in [2.75, 3.05) is 30.9 Å². The smallest absolute Gasteiger partial charge is 0.0564 e. The Morgan fingerprint density at radius 2 is 2.15 bits per heavy atom. The Hall–Kier alpha value is 0.620. The van der Waals surface area contributed by atoms with Crippen molar-refractivity contribution in [3.05, 3.63) is 0 Å². The van der Waals surface area contributed by atoms with E-state index >= 15 is 0 Å². The largest absolute Gasteiger partial charge is 0.395 e. The molecule has 0 aromatic heterocycles. The molecule has 0 aromatic carbocycles. The van der Waals surface area contributed by atoms with Gasteiger partial charge in [-0.25, -0.2) is 0 Å². The van der Waals surface area contributed by atoms with Gasteiger partial charge >= 0.3 is 0 Å². The maximum absolute atomic E-state index is 9.03. The summed E-state index contributed by atoms with van der Waals surface area (Å²) in [5, 5.41) is 12.8. The molecular formula is C9H21NOS2. The third-order valence-electron chi connectivity index (χ3n) is 1.96. The van der Waals surface area contributed by atoms with Crippen molar-refractivity contribution in [2.45, 2.75) is 25.1 Å². The first-order valence-electron chi connectivity index (χ1n) is 4.71. The second-order valence-electron chi connectivity index (χ2n) is 2.90. The van der Waals surface area contributed by atoms with Crippen molar-refractivity contribution in [3.8, 4) is 0 Å². The summed E-state index contributed by atoms with van der Waals surface area (Å²) in [6, 6.07) is 0.400. The van der Waals surface area contributed by atoms with E-state index < -0.39 is 0 Å². The van der Waals surface area contributed by atoms with Crippen molar-refractivity contribution in [1.29, 1.82) is 0 Å². The average molecular weight is 223 g/mol. The van der Waals surface area contributed by atoms with Gasteiger partial charge in [-0.15, -0.1) is 0 Å². The minimum atomic E-state index is 0.260. The fraction of sp³-hybridized carbons (Fsp3) is 1.00. The molecular weight excluding hydrogens is 202 g/mol. The molecule has 13 heavy (non-hydrogen) atoms. The van der Waals surface area contributed by atoms with Crippen molar-refractivity contribution < 1.29 is 5.11 Å². The standard InChI is InChI=1S/C9H21NOS2/c1-4-13-6-5-10-8(2)9(7-11)12-3/h8-11H,4-7H2,1-3H3. The van der Waals surface area contributed by atoms with Crippen LogP contribution < -0.4 is 5.32 Å². The van der Waals surface area contributed by atoms with Crippen molar-refractivity contribution in [1.82, 2.24) is 5.32 Å². The quantitative estimate of drug-likeness (QED) is 0.610. The lowest BCUT2D eigenvalue weighted by atomic mass is 10.2. The monoisotopic (exact) mass is 223 g/mol. The molecule has 0 spiro atoms. The third-order valence-corrected chi connectivity index (χ3v) is 4.02. The van der Waals surface area contributed by atoms with Crippen LogP contribution in [0.5, 0.6) is 0 Å². The molecule has 2 nitrogen and oxygen atoms in total. The van der Waals surface area contributed by atoms with Crippen molar-refractivity contribution in [2.24, 2.45) is 0 Å². The second kappa shape index (κ2) is 9.19. The zero-order valence-corrected chi connectivity index (χ0v) is 10.4. The van der Waals surface area contributed by atoms with Crippen LogP contribution in [0.1, 0.15) is 13.8 Å². The summed E-state index contributed by atoms with van der Waals surface area (Å²) in [6.45, 7) is 5.60. The molecule has 2 unspecified atom stereocenters. The fourth-order valence-electron chi connectivity index (χ4n) is 1.07. The minimum absolute atomic E-state index is 0.260. The molecule has 0 aromatic rings. The Balaban J connectivity index is 3.42. The van der Waals surface area contributed by atoms with Crippen LogP contribution in [-0.4, -0.2) is 47.3 Å². The molecule has 0 saturated heterocycles. The Morgan fingerprint density at radius 3 is 2.62 bits per heavy atom. The Labute approximate surface area is 90.2 Å². The lowest BCUT2D eigenvalue weighted by molar-refractivity contribution is 0.277. The van der Waals surface area contributed by atoms with Gasteiger partial charge in [-0.2, -0.15) is 23.5 Å². The lowest BCUT2D eigenvalue weighted by Crippen LogP contribution is -2.38. The SMILES string of the molecule is CCSCCNC(C)C(CO)SC. The number of aliphatic hydroxyl groups is 1. The van der Waals surface area contributed by atoms with Crippen LogP contribution in [0.15, 0.2) is 0 Å². The van der Waals surface area contributed by atoms with Gasteiger partial charge in [-0.05, 0) is 18.9 Å². The van der Waals surface area contributed by atoms with Crippen LogP contribution in [0.3, 0.4) is 0 Å². The summed E-state index contributed by atoms with van der Waals surface area (Å²) in [5.41, 5.74) is 0. The van der Waals surface area contributed by atoms with E-state index in [1.54, 1.807) is 11.8 Å². The number of thioether (sulfide) groups is 2. The van der Waals surface area contributed by atoms with E-state index in [4.69, 9.17) is 5.11 Å². The van der Waals surface area contributed by atoms with Gasteiger partial charge in [0.25, 0.3) is 0 Å². The topological polar surface area (TPSA) is 32.3 Å². The van der Waals surface area contributed by atoms with Gasteiger partial charge in [0.15, 0.2) is 0 Å². The Kier molecular flexibility index (Phi) is 9.62. The van der Waals surface area contributed by atoms with Gasteiger partial charge in [0.1, 0.15) is 0 Å². The molecule has 4 heteroatoms. The predicted octanol–water partition coefficient (Wildman–Crippen LogP) is 1.44. The highest BCUT2D eigenvalue weighted by Crippen LogP contribution is 2.10. The Bertz CT molecular complexity index is 110. The van der Waals surface area contributed by atoms with Crippen LogP contribution in [-0.2, 0) is 0 Å². The first-order valence-corrected chi connectivity index (χ1v) is 7.15. The first kappa shape index (κ1) is 13.6. The summed E-state index contributed by atoms with van der Waals surface area (Å²) in [7, 11) is 0. The van der Waals surface area contributed by atoms with Gasteiger partial charge in [0, 0.05) is 23.6 Å². The predicted molar refractivity (Wildman–Crippen MR) is 64.9 cm³/mol. The number of hydrogen-bond acceptors (Lipinski definition) is 4. The lowest BCUT2D eigenvalue weighted by Gasteiger charge is -2.21. The molecule has 0 aliphatic heterocycles. The summed E-state index contributed by atoms with van der Waals surface area (Å²) in [6.07, 6.45) is 2.04. The highest BCUT2D eigenvalue weighted by molar-refractivity contribution is 7.99. The van der Waals surface area contributed by atoms with Gasteiger partial charge in [0.05, 0.1) is 6.61 Å². The molecule has 0 amide bonds. The van der Waals surface area contributed by atoms with Crippen molar-refractivity contribution in [3.63, 3.8) is 0 Å². The normalized spacial score (nSPS) is 15.7. The van der Waals surface area contributed by atoms with Crippen LogP contribution in [0.4, 0.5) is 0 Å². The van der Waals surface area contributed by atoms with E-state index in [1.807, 2.05) is 18.0 Å². The van der Waals surface area contributed by atoms with Crippen LogP contribution >= 0.6 is 23.5 Å². The van der Waals surface area contributed by atoms with E-state index in [0.717, 1.165) is 12.3 Å². The molecule has 0 saturated carbocycles. The van der Waals surface area contributed by atoms with Crippen LogP contribution in [0, 0.1) is 0 Å². The molecule has 0 heterocycles. The zero-order valence-electron chi connectivity index (χ0n) is 8.75. The van der Waals surface area contributed by atoms with E-state index in [9.17, 15) is 0 Å². The van der Waals surface area contributed by atoms with E-state index in [1.165, 1.54) is 5.75 Å². The average Bonchev–Trinajstić information content (AvgIpc) is 2.14. The summed E-state index contributed by atoms with van der Waals surface area (Å²) in [4.78, 5) is 0. The molecule has 80 valence electrons. The van der Waals surface area contributed by atoms with Crippen LogP contribution in [0.2, 0.25) is 0 Å². The maximum Gasteiger partial charge on any atom is 0.0564 e. The fourth-order valence-corrected chi connectivity index (χ4v) is 2.28. The van der Waals surface area contributed by atoms with E-state index in [2.05, 4.69) is 19.2 Å². The van der Waals surface area contributed by atoms with Crippen LogP contribution in [0.25, 0.3) is 0 Å². The van der Waals surface area contributed by atoms with Gasteiger partial charge in [-0.1, -0.05) is 6.92 Å². The van der Waals surface area contributed by atoms with Crippen molar-refractivity contribution >= 4 is 23.5 Å². The summed E-state index contributed by atoms with van der Waals surface area (Å²) < 4.78 is 0. The molecule has 0 bridgehead atoms. The molecule has 0 aliphatic rings. The zero-order chi connectivity index (χ0) is 10.1. The maximum atomic E-state index is 9.03. The number of rotatable bonds is 8. The molecule has 2 N–H and O–H groups in total. The molecule has 0 fully saturated rings. The van der Waals surface area contributed by atoms with E-state index in [0.29, 0.717) is 11.3 Å². The minimum Gasteiger partial charge on any atom is -0.395 e. The highest BCUT2D eigenvalue weighted by atomic mass is 32.2. The van der Waals surface area contributed by atoms with Gasteiger partial charge in [0.2, 0.25) is 0 Å². The number of hydrogen-bond donors (Lipinski definition) is 2. The molecule has 0 rings (SSSR count). The number of aliphatic hydroxyl groups excluding tert-OH is 1. The van der Waals surface area contributed by atoms with Gasteiger partial charge < -0.3 is 10.4 Å². The molecule has 2 atom stereocenters. The first-order chi connectivity index (χ1) is 6.26. The summed E-state index contributed by atoms with van der Waals surface area (Å²) in [5.74, 6) is 2.34. The summed E-state index contributed by atoms with van der Waals surface area (Å²) >= 11 is 3.67. The molecule has 0 aliphatic carbocycles.